The van der Waals surface area contributed by atoms with E-state index < -0.39 is 0 Å². The Hall–Kier alpha value is 0.423. The van der Waals surface area contributed by atoms with Gasteiger partial charge in [0.25, 0.3) is 0 Å². The first-order chi connectivity index (χ1) is 5.18. The Labute approximate surface area is 86.4 Å². The zero-order chi connectivity index (χ0) is 8.74. The molecule has 0 aliphatic heterocycles. The zero-order valence-electron chi connectivity index (χ0n) is 7.18. The van der Waals surface area contributed by atoms with Crippen LogP contribution in [0.5, 0.6) is 0 Å². The summed E-state index contributed by atoms with van der Waals surface area (Å²) in [5.41, 5.74) is 16.4. The monoisotopic (exact) mass is 236 g/mol. The van der Waals surface area contributed by atoms with Crippen molar-refractivity contribution in [3.05, 3.63) is 6.92 Å². The van der Waals surface area contributed by atoms with Crippen molar-refractivity contribution in [3.8, 4) is 0 Å². The number of hydrogen-bond acceptors (Lipinski definition) is 3. The molecular weight excluding hydrogens is 211 g/mol. The van der Waals surface area contributed by atoms with Gasteiger partial charge < -0.3 is 17.2 Å². The molecule has 0 saturated carbocycles. The SMILES string of the molecule is [CH2]C(CCN)(CCN)CCN.[GeH4]. The van der Waals surface area contributed by atoms with Crippen LogP contribution in [0.1, 0.15) is 19.3 Å². The van der Waals surface area contributed by atoms with Crippen LogP contribution in [0.3, 0.4) is 0 Å². The van der Waals surface area contributed by atoms with E-state index in [1.165, 1.54) is 0 Å². The third kappa shape index (κ3) is 6.00. The molecule has 0 unspecified atom stereocenters. The number of nitrogens with two attached hydrogens (primary N) is 3. The quantitative estimate of drug-likeness (QED) is 0.485. The van der Waals surface area contributed by atoms with E-state index in [2.05, 4.69) is 6.92 Å². The summed E-state index contributed by atoms with van der Waals surface area (Å²) >= 11 is 0. The fourth-order valence-electron chi connectivity index (χ4n) is 1.29. The minimum atomic E-state index is 0. The maximum atomic E-state index is 5.45. The summed E-state index contributed by atoms with van der Waals surface area (Å²) in [4.78, 5) is 0. The van der Waals surface area contributed by atoms with Crippen molar-refractivity contribution < 1.29 is 0 Å². The first-order valence-electron chi connectivity index (χ1n) is 4.14. The summed E-state index contributed by atoms with van der Waals surface area (Å²) in [5.74, 6) is 0. The molecule has 0 aromatic rings. The van der Waals surface area contributed by atoms with Crippen LogP contribution in [0, 0.1) is 12.3 Å². The average molecular weight is 235 g/mol. The molecule has 0 bridgehead atoms. The second kappa shape index (κ2) is 8.04. The third-order valence-corrected chi connectivity index (χ3v) is 2.02. The molecule has 4 heteroatoms. The molecule has 0 aromatic carbocycles. The summed E-state index contributed by atoms with van der Waals surface area (Å²) in [6.45, 7) is 6.11. The van der Waals surface area contributed by atoms with Crippen molar-refractivity contribution in [1.82, 2.24) is 0 Å². The van der Waals surface area contributed by atoms with Gasteiger partial charge in [0.05, 0.1) is 0 Å². The van der Waals surface area contributed by atoms with Gasteiger partial charge in [0.2, 0.25) is 0 Å². The molecule has 0 aliphatic carbocycles. The Bertz CT molecular complexity index is 81.3. The van der Waals surface area contributed by atoms with E-state index in [-0.39, 0.29) is 23.0 Å². The van der Waals surface area contributed by atoms with Crippen LogP contribution in [0.2, 0.25) is 0 Å². The van der Waals surface area contributed by atoms with Crippen LogP contribution in [0.15, 0.2) is 0 Å². The van der Waals surface area contributed by atoms with Crippen LogP contribution in [-0.4, -0.2) is 37.2 Å². The van der Waals surface area contributed by atoms with E-state index in [4.69, 9.17) is 17.2 Å². The van der Waals surface area contributed by atoms with Gasteiger partial charge in [-0.2, -0.15) is 0 Å². The molecule has 75 valence electrons. The average Bonchev–Trinajstić information content (AvgIpc) is 1.88. The predicted molar refractivity (Wildman–Crippen MR) is 60.1 cm³/mol. The van der Waals surface area contributed by atoms with Gasteiger partial charge in [-0.15, -0.1) is 0 Å². The molecule has 0 aliphatic rings. The normalized spacial score (nSPS) is 11.0. The maximum absolute atomic E-state index is 5.45. The minimum absolute atomic E-state index is 0. The molecule has 0 heterocycles. The van der Waals surface area contributed by atoms with Crippen molar-refractivity contribution in [3.63, 3.8) is 0 Å². The second-order valence-electron chi connectivity index (χ2n) is 3.12. The van der Waals surface area contributed by atoms with Crippen molar-refractivity contribution in [2.45, 2.75) is 19.3 Å². The summed E-state index contributed by atoms with van der Waals surface area (Å²) in [6.07, 6.45) is 2.75. The van der Waals surface area contributed by atoms with E-state index in [1.54, 1.807) is 0 Å². The molecule has 0 saturated heterocycles. The van der Waals surface area contributed by atoms with Gasteiger partial charge in [0.1, 0.15) is 0 Å². The molecule has 0 fully saturated rings. The Balaban J connectivity index is 0. The Morgan fingerprint density at radius 3 is 1.25 bits per heavy atom. The van der Waals surface area contributed by atoms with Crippen LogP contribution in [0.25, 0.3) is 0 Å². The van der Waals surface area contributed by atoms with Crippen LogP contribution in [0.4, 0.5) is 0 Å². The first kappa shape index (κ1) is 14.9. The molecule has 0 atom stereocenters. The Morgan fingerprint density at radius 1 is 0.833 bits per heavy atom. The van der Waals surface area contributed by atoms with E-state index in [9.17, 15) is 0 Å². The molecular formula is C8H24GeN3. The molecule has 6 N–H and O–H groups in total. The van der Waals surface area contributed by atoms with E-state index in [0.29, 0.717) is 19.6 Å². The molecule has 1 radical (unpaired) electrons. The standard InChI is InChI=1S/C8H20N3.GeH4/c1-8(2-5-9,3-6-10)4-7-11;/h1-7,9-11H2;1H4. The van der Waals surface area contributed by atoms with E-state index >= 15 is 0 Å². The Kier molecular flexibility index (Phi) is 10.00. The van der Waals surface area contributed by atoms with Crippen LogP contribution >= 0.6 is 0 Å². The Morgan fingerprint density at radius 2 is 1.08 bits per heavy atom. The van der Waals surface area contributed by atoms with Crippen molar-refractivity contribution in [2.75, 3.05) is 19.6 Å². The van der Waals surface area contributed by atoms with E-state index in [1.807, 2.05) is 0 Å². The molecule has 0 spiro atoms. The van der Waals surface area contributed by atoms with Gasteiger partial charge in [-0.05, 0) is 51.2 Å². The van der Waals surface area contributed by atoms with Crippen molar-refractivity contribution in [2.24, 2.45) is 22.6 Å². The van der Waals surface area contributed by atoms with Gasteiger partial charge in [-0.1, -0.05) is 0 Å². The molecule has 0 aromatic heterocycles. The number of hydrogen-bond donors (Lipinski definition) is 3. The molecule has 12 heavy (non-hydrogen) atoms. The summed E-state index contributed by atoms with van der Waals surface area (Å²) in [6, 6.07) is 0. The predicted octanol–water partition coefficient (Wildman–Crippen LogP) is -1.60. The van der Waals surface area contributed by atoms with E-state index in [0.717, 1.165) is 19.3 Å². The molecule has 0 amide bonds. The van der Waals surface area contributed by atoms with Gasteiger partial charge in [-0.3, -0.25) is 0 Å². The fourth-order valence-corrected chi connectivity index (χ4v) is 1.29. The van der Waals surface area contributed by atoms with Crippen LogP contribution in [-0.2, 0) is 0 Å². The topological polar surface area (TPSA) is 78.1 Å². The zero-order valence-corrected chi connectivity index (χ0v) is 7.18. The second-order valence-corrected chi connectivity index (χ2v) is 3.12. The summed E-state index contributed by atoms with van der Waals surface area (Å²) in [7, 11) is 0. The third-order valence-electron chi connectivity index (χ3n) is 2.02. The molecule has 0 rings (SSSR count). The first-order valence-corrected chi connectivity index (χ1v) is 4.14. The number of rotatable bonds is 6. The van der Waals surface area contributed by atoms with Gasteiger partial charge in [-0.25, -0.2) is 0 Å². The summed E-state index contributed by atoms with van der Waals surface area (Å²) < 4.78 is 0. The van der Waals surface area contributed by atoms with Crippen LogP contribution < -0.4 is 17.2 Å². The van der Waals surface area contributed by atoms with Gasteiger partial charge in [0, 0.05) is 0 Å². The van der Waals surface area contributed by atoms with Gasteiger partial charge in [0.15, 0.2) is 0 Å². The summed E-state index contributed by atoms with van der Waals surface area (Å²) in [5, 5.41) is 0. The fraction of sp³-hybridized carbons (Fsp3) is 0.875. The van der Waals surface area contributed by atoms with Gasteiger partial charge >= 0.3 is 17.6 Å². The van der Waals surface area contributed by atoms with Crippen molar-refractivity contribution >= 4 is 17.6 Å². The van der Waals surface area contributed by atoms with Crippen molar-refractivity contribution in [1.29, 1.82) is 0 Å². The molecule has 3 nitrogen and oxygen atoms in total.